The summed E-state index contributed by atoms with van der Waals surface area (Å²) in [6.45, 7) is 6.00. The normalized spacial score (nSPS) is 12.4. The minimum Gasteiger partial charge on any atom is -0.492 e. The van der Waals surface area contributed by atoms with Gasteiger partial charge in [-0.05, 0) is 52.0 Å². The van der Waals surface area contributed by atoms with Crippen molar-refractivity contribution in [1.29, 1.82) is 0 Å². The summed E-state index contributed by atoms with van der Waals surface area (Å²) in [4.78, 5) is 0. The van der Waals surface area contributed by atoms with Crippen molar-refractivity contribution in [2.45, 2.75) is 45.5 Å². The minimum atomic E-state index is -6.29. The van der Waals surface area contributed by atoms with E-state index in [9.17, 15) is 13.2 Å². The lowest BCUT2D eigenvalue weighted by atomic mass is 9.81. The molecule has 196 valence electrons. The lowest BCUT2D eigenvalue weighted by molar-refractivity contribution is -0.323. The van der Waals surface area contributed by atoms with Gasteiger partial charge in [-0.15, -0.1) is 0 Å². The SMILES string of the molecule is CCOc1cc(C(F)(c2cc(OCC)c(N)c(OCC)c2)C(F)(F)C(F)(F)F)cc(OCC)c1N. The maximum atomic E-state index is 16.7. The van der Waals surface area contributed by atoms with Crippen LogP contribution in [0, 0.1) is 0 Å². The Bertz CT molecular complexity index is 910. The standard InChI is InChI=1S/C23H28F6N2O4/c1-5-32-15-9-13(10-16(19(15)30)33-6-2)21(24,22(25,26)23(27,28)29)14-11-17(34-7-3)20(31)18(12-14)35-8-4/h9-12H,5-8,30-31H2,1-4H3. The molecule has 0 bridgehead atoms. The van der Waals surface area contributed by atoms with Crippen molar-refractivity contribution >= 4 is 11.4 Å². The maximum absolute atomic E-state index is 16.7. The Morgan fingerprint density at radius 1 is 0.571 bits per heavy atom. The van der Waals surface area contributed by atoms with Gasteiger partial charge in [0.15, 0.2) is 0 Å². The number of rotatable bonds is 11. The lowest BCUT2D eigenvalue weighted by Crippen LogP contribution is -2.53. The summed E-state index contributed by atoms with van der Waals surface area (Å²) in [5.41, 5.74) is 4.77. The van der Waals surface area contributed by atoms with Crippen LogP contribution >= 0.6 is 0 Å². The predicted molar refractivity (Wildman–Crippen MR) is 119 cm³/mol. The van der Waals surface area contributed by atoms with Crippen molar-refractivity contribution < 1.29 is 45.3 Å². The van der Waals surface area contributed by atoms with Crippen LogP contribution in [-0.4, -0.2) is 38.5 Å². The highest BCUT2D eigenvalue weighted by molar-refractivity contribution is 5.69. The summed E-state index contributed by atoms with van der Waals surface area (Å²) in [6, 6.07) is 2.77. The van der Waals surface area contributed by atoms with Gasteiger partial charge in [0, 0.05) is 11.1 Å². The molecule has 12 heteroatoms. The number of ether oxygens (including phenoxy) is 4. The van der Waals surface area contributed by atoms with Gasteiger partial charge in [-0.3, -0.25) is 0 Å². The van der Waals surface area contributed by atoms with E-state index in [1.165, 1.54) is 27.7 Å². The molecule has 6 nitrogen and oxygen atoms in total. The highest BCUT2D eigenvalue weighted by Crippen LogP contribution is 2.57. The summed E-state index contributed by atoms with van der Waals surface area (Å²) in [7, 11) is 0. The van der Waals surface area contributed by atoms with Gasteiger partial charge in [0.25, 0.3) is 0 Å². The second-order valence-electron chi connectivity index (χ2n) is 7.24. The van der Waals surface area contributed by atoms with Crippen LogP contribution in [0.4, 0.5) is 37.7 Å². The van der Waals surface area contributed by atoms with Gasteiger partial charge >= 0.3 is 12.1 Å². The third-order valence-corrected chi connectivity index (χ3v) is 4.99. The molecule has 0 fully saturated rings. The third-order valence-electron chi connectivity index (χ3n) is 4.99. The first-order valence-corrected chi connectivity index (χ1v) is 10.8. The number of hydrogen-bond donors (Lipinski definition) is 2. The largest absolute Gasteiger partial charge is 0.492 e. The highest BCUT2D eigenvalue weighted by atomic mass is 19.4. The smallest absolute Gasteiger partial charge is 0.457 e. The Balaban J connectivity index is 3.02. The first-order valence-electron chi connectivity index (χ1n) is 10.8. The molecule has 4 N–H and O–H groups in total. The average molecular weight is 510 g/mol. The summed E-state index contributed by atoms with van der Waals surface area (Å²) >= 11 is 0. The Hall–Kier alpha value is -3.18. The minimum absolute atomic E-state index is 0.0288. The molecule has 0 aliphatic rings. The molecule has 0 aliphatic heterocycles. The fraction of sp³-hybridized carbons (Fsp3) is 0.478. The topological polar surface area (TPSA) is 89.0 Å². The monoisotopic (exact) mass is 510 g/mol. The number of alkyl halides is 6. The molecule has 0 aliphatic carbocycles. The maximum Gasteiger partial charge on any atom is 0.457 e. The molecule has 2 rings (SSSR count). The van der Waals surface area contributed by atoms with Gasteiger partial charge in [0.05, 0.1) is 26.4 Å². The van der Waals surface area contributed by atoms with Crippen molar-refractivity contribution in [3.05, 3.63) is 35.4 Å². The van der Waals surface area contributed by atoms with E-state index in [0.717, 1.165) is 0 Å². The van der Waals surface area contributed by atoms with Crippen LogP contribution in [0.3, 0.4) is 0 Å². The predicted octanol–water partition coefficient (Wildman–Crippen LogP) is 5.86. The van der Waals surface area contributed by atoms with Crippen LogP contribution in [0.2, 0.25) is 0 Å². The van der Waals surface area contributed by atoms with Crippen molar-refractivity contribution in [2.24, 2.45) is 0 Å². The molecule has 0 radical (unpaired) electrons. The van der Waals surface area contributed by atoms with Gasteiger partial charge in [0.1, 0.15) is 34.4 Å². The molecule has 2 aromatic carbocycles. The van der Waals surface area contributed by atoms with E-state index in [1.807, 2.05) is 0 Å². The number of hydrogen-bond acceptors (Lipinski definition) is 6. The molecule has 0 aromatic heterocycles. The van der Waals surface area contributed by atoms with E-state index in [1.54, 1.807) is 0 Å². The Morgan fingerprint density at radius 3 is 1.03 bits per heavy atom. The lowest BCUT2D eigenvalue weighted by Gasteiger charge is -2.36. The van der Waals surface area contributed by atoms with Crippen molar-refractivity contribution in [3.8, 4) is 23.0 Å². The zero-order valence-corrected chi connectivity index (χ0v) is 19.7. The molecule has 0 spiro atoms. The second kappa shape index (κ2) is 10.6. The Labute approximate surface area is 199 Å². The molecule has 0 saturated heterocycles. The van der Waals surface area contributed by atoms with E-state index in [0.29, 0.717) is 24.3 Å². The van der Waals surface area contributed by atoms with Crippen LogP contribution in [0.25, 0.3) is 0 Å². The van der Waals surface area contributed by atoms with E-state index in [4.69, 9.17) is 30.4 Å². The van der Waals surface area contributed by atoms with Crippen LogP contribution < -0.4 is 30.4 Å². The van der Waals surface area contributed by atoms with Crippen molar-refractivity contribution in [2.75, 3.05) is 37.9 Å². The van der Waals surface area contributed by atoms with Crippen LogP contribution in [-0.2, 0) is 5.67 Å². The molecule has 0 heterocycles. The molecule has 35 heavy (non-hydrogen) atoms. The van der Waals surface area contributed by atoms with Gasteiger partial charge in [-0.25, -0.2) is 4.39 Å². The highest BCUT2D eigenvalue weighted by Gasteiger charge is 2.73. The van der Waals surface area contributed by atoms with E-state index >= 15 is 13.2 Å². The van der Waals surface area contributed by atoms with Crippen molar-refractivity contribution in [3.63, 3.8) is 0 Å². The molecular formula is C23H28F6N2O4. The van der Waals surface area contributed by atoms with Gasteiger partial charge in [-0.1, -0.05) is 0 Å². The first-order chi connectivity index (χ1) is 16.3. The molecule has 0 atom stereocenters. The van der Waals surface area contributed by atoms with Gasteiger partial charge in [0.2, 0.25) is 5.67 Å². The summed E-state index contributed by atoms with van der Waals surface area (Å²) < 4.78 is 109. The molecule has 0 amide bonds. The summed E-state index contributed by atoms with van der Waals surface area (Å²) in [6.07, 6.45) is -6.29. The molecule has 2 aromatic rings. The zero-order chi connectivity index (χ0) is 26.6. The molecule has 0 saturated carbocycles. The zero-order valence-electron chi connectivity index (χ0n) is 19.7. The third kappa shape index (κ3) is 5.10. The first kappa shape index (κ1) is 28.1. The Morgan fingerprint density at radius 2 is 0.829 bits per heavy atom. The molecule has 0 unspecified atom stereocenters. The van der Waals surface area contributed by atoms with E-state index < -0.39 is 28.9 Å². The second-order valence-corrected chi connectivity index (χ2v) is 7.24. The average Bonchev–Trinajstić information content (AvgIpc) is 2.78. The van der Waals surface area contributed by atoms with Crippen LogP contribution in [0.15, 0.2) is 24.3 Å². The molecular weight excluding hydrogens is 482 g/mol. The van der Waals surface area contributed by atoms with E-state index in [2.05, 4.69) is 0 Å². The van der Waals surface area contributed by atoms with Crippen LogP contribution in [0.5, 0.6) is 23.0 Å². The number of halogens is 6. The quantitative estimate of drug-likeness (QED) is 0.291. The summed E-state index contributed by atoms with van der Waals surface area (Å²) in [5.74, 6) is -7.21. The number of anilines is 2. The van der Waals surface area contributed by atoms with Gasteiger partial charge < -0.3 is 30.4 Å². The number of nitrogen functional groups attached to an aromatic ring is 2. The van der Waals surface area contributed by atoms with Gasteiger partial charge in [-0.2, -0.15) is 22.0 Å². The fourth-order valence-electron chi connectivity index (χ4n) is 3.42. The van der Waals surface area contributed by atoms with E-state index in [-0.39, 0.29) is 60.8 Å². The summed E-state index contributed by atoms with van der Waals surface area (Å²) in [5, 5.41) is 0. The Kier molecular flexibility index (Phi) is 8.51. The fourth-order valence-corrected chi connectivity index (χ4v) is 3.42. The number of benzene rings is 2. The number of nitrogens with two attached hydrogens (primary N) is 2. The van der Waals surface area contributed by atoms with Crippen LogP contribution in [0.1, 0.15) is 38.8 Å². The van der Waals surface area contributed by atoms with Crippen molar-refractivity contribution in [1.82, 2.24) is 0 Å².